The minimum Gasteiger partial charge on any atom is -0.465 e. The van der Waals surface area contributed by atoms with E-state index in [-0.39, 0.29) is 6.61 Å². The van der Waals surface area contributed by atoms with Gasteiger partial charge in [0.05, 0.1) is 0 Å². The summed E-state index contributed by atoms with van der Waals surface area (Å²) in [7, 11) is 0. The van der Waals surface area contributed by atoms with Crippen LogP contribution in [0.5, 0.6) is 0 Å². The molecule has 1 amide bonds. The van der Waals surface area contributed by atoms with Crippen LogP contribution < -0.4 is 11.1 Å². The molecule has 0 spiro atoms. The maximum Gasteiger partial charge on any atom is 0.404 e. The lowest BCUT2D eigenvalue weighted by Gasteiger charge is -1.96. The van der Waals surface area contributed by atoms with Crippen LogP contribution in [0.25, 0.3) is 0 Å². The van der Waals surface area contributed by atoms with Crippen molar-refractivity contribution in [3.05, 3.63) is 0 Å². The molecule has 5 nitrogen and oxygen atoms in total. The van der Waals surface area contributed by atoms with Crippen LogP contribution >= 0.6 is 0 Å². The van der Waals surface area contributed by atoms with E-state index in [0.29, 0.717) is 6.54 Å². The van der Waals surface area contributed by atoms with Crippen LogP contribution in [0.2, 0.25) is 0 Å². The quantitative estimate of drug-likeness (QED) is 0.531. The first-order valence-corrected chi connectivity index (χ1v) is 6.88. The van der Waals surface area contributed by atoms with E-state index < -0.39 is 6.09 Å². The second kappa shape index (κ2) is 25.1. The summed E-state index contributed by atoms with van der Waals surface area (Å²) in [5.41, 5.74) is 5.34. The molecule has 0 aromatic rings. The fraction of sp³-hybridized carbons (Fsp3) is 0.923. The number of nitrogens with two attached hydrogens (primary N) is 1. The molecule has 0 fully saturated rings. The molecule has 0 saturated carbocycles. The molecule has 0 bridgehead atoms. The van der Waals surface area contributed by atoms with Gasteiger partial charge in [0.1, 0.15) is 0 Å². The number of nitrogens with one attached hydrogen (secondary N) is 1. The lowest BCUT2D eigenvalue weighted by Crippen LogP contribution is -2.19. The Kier molecular flexibility index (Phi) is 31.3. The van der Waals surface area contributed by atoms with E-state index in [4.69, 9.17) is 15.9 Å². The number of unbranched alkanes of at least 4 members (excludes halogenated alkanes) is 5. The third-order valence-corrected chi connectivity index (χ3v) is 1.89. The highest BCUT2D eigenvalue weighted by Crippen LogP contribution is 2.03. The third-order valence-electron chi connectivity index (χ3n) is 1.89. The van der Waals surface area contributed by atoms with Gasteiger partial charge in [0, 0.05) is 13.2 Å². The summed E-state index contributed by atoms with van der Waals surface area (Å²) in [6, 6.07) is 0. The molecule has 112 valence electrons. The molecule has 0 radical (unpaired) electrons. The van der Waals surface area contributed by atoms with Gasteiger partial charge in [0.15, 0.2) is 0 Å². The van der Waals surface area contributed by atoms with Gasteiger partial charge < -0.3 is 21.3 Å². The first kappa shape index (κ1) is 22.4. The smallest absolute Gasteiger partial charge is 0.404 e. The van der Waals surface area contributed by atoms with E-state index in [9.17, 15) is 4.79 Å². The maximum atomic E-state index is 9.49. The Bertz CT molecular complexity index is 138. The van der Waals surface area contributed by atoms with Gasteiger partial charge >= 0.3 is 6.09 Å². The topological polar surface area (TPSA) is 95.6 Å². The highest BCUT2D eigenvalue weighted by Gasteiger charge is 1.86. The predicted molar refractivity (Wildman–Crippen MR) is 76.9 cm³/mol. The second-order valence-corrected chi connectivity index (χ2v) is 3.71. The fourth-order valence-corrected chi connectivity index (χ4v) is 1.08. The highest BCUT2D eigenvalue weighted by atomic mass is 16.4. The van der Waals surface area contributed by atoms with E-state index in [1.807, 2.05) is 0 Å². The normalized spacial score (nSPS) is 8.50. The molecule has 0 aromatic carbocycles. The van der Waals surface area contributed by atoms with E-state index in [1.165, 1.54) is 38.5 Å². The van der Waals surface area contributed by atoms with Gasteiger partial charge in [-0.25, -0.2) is 4.79 Å². The van der Waals surface area contributed by atoms with Crippen molar-refractivity contribution < 1.29 is 15.0 Å². The zero-order chi connectivity index (χ0) is 14.6. The maximum absolute atomic E-state index is 9.49. The lowest BCUT2D eigenvalue weighted by atomic mass is 10.1. The zero-order valence-corrected chi connectivity index (χ0v) is 12.2. The van der Waals surface area contributed by atoms with Crippen LogP contribution in [0, 0.1) is 0 Å². The second-order valence-electron chi connectivity index (χ2n) is 3.71. The molecule has 0 heterocycles. The Hall–Kier alpha value is -0.810. The van der Waals surface area contributed by atoms with Gasteiger partial charge in [0.2, 0.25) is 0 Å². The third kappa shape index (κ3) is 45.6. The van der Waals surface area contributed by atoms with Gasteiger partial charge in [-0.3, -0.25) is 0 Å². The van der Waals surface area contributed by atoms with E-state index in [0.717, 1.165) is 6.54 Å². The van der Waals surface area contributed by atoms with Crippen LogP contribution in [0.1, 0.15) is 59.3 Å². The predicted octanol–water partition coefficient (Wildman–Crippen LogP) is 2.58. The monoisotopic (exact) mass is 264 g/mol. The average molecular weight is 264 g/mol. The first-order chi connectivity index (χ1) is 8.60. The molecule has 5 heteroatoms. The molecule has 0 aliphatic rings. The molecule has 0 aromatic heterocycles. The summed E-state index contributed by atoms with van der Waals surface area (Å²) >= 11 is 0. The van der Waals surface area contributed by atoms with Crippen molar-refractivity contribution in [1.82, 2.24) is 5.32 Å². The Morgan fingerprint density at radius 3 is 1.78 bits per heavy atom. The van der Waals surface area contributed by atoms with Crippen molar-refractivity contribution in [1.29, 1.82) is 0 Å². The van der Waals surface area contributed by atoms with Crippen LogP contribution in [-0.4, -0.2) is 36.0 Å². The fourth-order valence-electron chi connectivity index (χ4n) is 1.08. The number of hydrogen-bond acceptors (Lipinski definition) is 3. The molecule has 0 saturated heterocycles. The summed E-state index contributed by atoms with van der Waals surface area (Å²) in [4.78, 5) is 9.49. The molecular formula is C13H32N2O3. The molecule has 18 heavy (non-hydrogen) atoms. The SMILES string of the molecule is CCCCCCCCN.CCNC(=O)O.CCO. The van der Waals surface area contributed by atoms with Gasteiger partial charge in [-0.15, -0.1) is 0 Å². The van der Waals surface area contributed by atoms with Gasteiger partial charge in [-0.1, -0.05) is 39.0 Å². The van der Waals surface area contributed by atoms with Gasteiger partial charge in [-0.05, 0) is 26.8 Å². The standard InChI is InChI=1S/C8H19N.C3H7NO2.C2H6O/c1-2-3-4-5-6-7-8-9;1-2-4-3(5)6;1-2-3/h2-9H2,1H3;4H,2H2,1H3,(H,5,6);3H,2H2,1H3. The lowest BCUT2D eigenvalue weighted by molar-refractivity contribution is 0.195. The van der Waals surface area contributed by atoms with Crippen LogP contribution in [0.3, 0.4) is 0 Å². The summed E-state index contributed by atoms with van der Waals surface area (Å²) in [6.45, 7) is 7.25. The number of amides is 1. The summed E-state index contributed by atoms with van der Waals surface area (Å²) in [6.07, 6.45) is 7.09. The van der Waals surface area contributed by atoms with Crippen LogP contribution in [0.4, 0.5) is 4.79 Å². The number of carbonyl (C=O) groups is 1. The molecule has 0 rings (SSSR count). The summed E-state index contributed by atoms with van der Waals surface area (Å²) in [5, 5.41) is 17.5. The summed E-state index contributed by atoms with van der Waals surface area (Å²) in [5.74, 6) is 0. The van der Waals surface area contributed by atoms with Crippen LogP contribution in [0.15, 0.2) is 0 Å². The Morgan fingerprint density at radius 1 is 1.06 bits per heavy atom. The van der Waals surface area contributed by atoms with Gasteiger partial charge in [0.25, 0.3) is 0 Å². The minimum atomic E-state index is -0.961. The molecule has 0 atom stereocenters. The van der Waals surface area contributed by atoms with Crippen molar-refractivity contribution in [3.63, 3.8) is 0 Å². The van der Waals surface area contributed by atoms with Crippen molar-refractivity contribution in [2.24, 2.45) is 5.73 Å². The average Bonchev–Trinajstić information content (AvgIpc) is 2.31. The van der Waals surface area contributed by atoms with Crippen molar-refractivity contribution in [3.8, 4) is 0 Å². The van der Waals surface area contributed by atoms with Crippen molar-refractivity contribution in [2.75, 3.05) is 19.7 Å². The minimum absolute atomic E-state index is 0.250. The molecule has 0 unspecified atom stereocenters. The van der Waals surface area contributed by atoms with Crippen LogP contribution in [-0.2, 0) is 0 Å². The molecule has 0 aliphatic heterocycles. The molecule has 0 aliphatic carbocycles. The van der Waals surface area contributed by atoms with Gasteiger partial charge in [-0.2, -0.15) is 0 Å². The van der Waals surface area contributed by atoms with Crippen molar-refractivity contribution >= 4 is 6.09 Å². The van der Waals surface area contributed by atoms with Crippen molar-refractivity contribution in [2.45, 2.75) is 59.3 Å². The number of aliphatic hydroxyl groups is 1. The Balaban J connectivity index is -0.000000216. The highest BCUT2D eigenvalue weighted by molar-refractivity contribution is 5.64. The number of aliphatic hydroxyl groups excluding tert-OH is 1. The number of rotatable bonds is 7. The largest absolute Gasteiger partial charge is 0.465 e. The molecular weight excluding hydrogens is 232 g/mol. The summed E-state index contributed by atoms with van der Waals surface area (Å²) < 4.78 is 0. The zero-order valence-electron chi connectivity index (χ0n) is 12.2. The van der Waals surface area contributed by atoms with E-state index in [2.05, 4.69) is 12.2 Å². The number of carboxylic acid groups (broad SMARTS) is 1. The first-order valence-electron chi connectivity index (χ1n) is 6.88. The number of hydrogen-bond donors (Lipinski definition) is 4. The molecule has 5 N–H and O–H groups in total. The Morgan fingerprint density at radius 2 is 1.50 bits per heavy atom. The Labute approximate surface area is 112 Å². The van der Waals surface area contributed by atoms with E-state index >= 15 is 0 Å². The van der Waals surface area contributed by atoms with E-state index in [1.54, 1.807) is 13.8 Å².